The van der Waals surface area contributed by atoms with E-state index in [1.165, 1.54) is 24.3 Å². The molecular weight excluding hydrogens is 310 g/mol. The molecule has 0 aliphatic carbocycles. The summed E-state index contributed by atoms with van der Waals surface area (Å²) in [6, 6.07) is 12.7. The Morgan fingerprint density at radius 3 is 1.76 bits per heavy atom. The Kier molecular flexibility index (Phi) is 3.16. The summed E-state index contributed by atoms with van der Waals surface area (Å²) < 4.78 is 50.2. The molecule has 3 rings (SSSR count). The first-order valence-corrected chi connectivity index (χ1v) is 9.14. The number of rotatable bonds is 2. The van der Waals surface area contributed by atoms with Crippen LogP contribution in [0.5, 0.6) is 0 Å². The fourth-order valence-corrected chi connectivity index (χ4v) is 6.61. The van der Waals surface area contributed by atoms with E-state index in [0.717, 1.165) is 5.56 Å². The first kappa shape index (κ1) is 14.2. The fraction of sp³-hybridized carbons (Fsp3) is 0.143. The topological polar surface area (TPSA) is 71.5 Å². The predicted molar refractivity (Wildman–Crippen MR) is 77.5 cm³/mol. The Morgan fingerprint density at radius 2 is 1.29 bits per heavy atom. The number of sulfonamides is 2. The van der Waals surface area contributed by atoms with Crippen molar-refractivity contribution in [1.82, 2.24) is 3.71 Å². The first-order chi connectivity index (χ1) is 9.83. The van der Waals surface area contributed by atoms with Crippen molar-refractivity contribution in [3.8, 4) is 0 Å². The average molecular weight is 323 g/mol. The zero-order valence-corrected chi connectivity index (χ0v) is 12.9. The Morgan fingerprint density at radius 1 is 0.810 bits per heavy atom. The molecule has 0 amide bonds. The van der Waals surface area contributed by atoms with Gasteiger partial charge in [-0.05, 0) is 24.6 Å². The lowest BCUT2D eigenvalue weighted by molar-refractivity contribution is 0.506. The predicted octanol–water partition coefficient (Wildman–Crippen LogP) is 1.89. The zero-order valence-electron chi connectivity index (χ0n) is 11.2. The average Bonchev–Trinajstić information content (AvgIpc) is 2.60. The lowest BCUT2D eigenvalue weighted by atomic mass is 10.2. The van der Waals surface area contributed by atoms with E-state index in [4.69, 9.17) is 0 Å². The maximum absolute atomic E-state index is 12.4. The van der Waals surface area contributed by atoms with Gasteiger partial charge in [0.1, 0.15) is 9.79 Å². The second-order valence-electron chi connectivity index (χ2n) is 4.87. The maximum Gasteiger partial charge on any atom is 0.258 e. The largest absolute Gasteiger partial charge is 0.258 e. The highest BCUT2D eigenvalue weighted by Crippen LogP contribution is 2.37. The van der Waals surface area contributed by atoms with Crippen LogP contribution >= 0.6 is 0 Å². The lowest BCUT2D eigenvalue weighted by Crippen LogP contribution is -2.29. The molecule has 21 heavy (non-hydrogen) atoms. The van der Waals surface area contributed by atoms with E-state index in [-0.39, 0.29) is 16.3 Å². The molecule has 7 heteroatoms. The van der Waals surface area contributed by atoms with Gasteiger partial charge in [-0.15, -0.1) is 0 Å². The van der Waals surface area contributed by atoms with Gasteiger partial charge in [-0.1, -0.05) is 45.7 Å². The molecule has 1 aliphatic rings. The highest BCUT2D eigenvalue weighted by Gasteiger charge is 2.46. The molecule has 110 valence electrons. The molecule has 0 aromatic heterocycles. The van der Waals surface area contributed by atoms with Crippen LogP contribution in [0.25, 0.3) is 0 Å². The summed E-state index contributed by atoms with van der Waals surface area (Å²) in [5.41, 5.74) is 1.65. The third-order valence-electron chi connectivity index (χ3n) is 3.37. The number of nitrogens with zero attached hydrogens (tertiary/aromatic N) is 1. The molecule has 2 aromatic rings. The quantitative estimate of drug-likeness (QED) is 0.846. The third-order valence-corrected chi connectivity index (χ3v) is 7.83. The standard InChI is InChI=1S/C14H13NO4S2/c1-11-6-8-12(9-7-11)10-15-20(16,17)13-4-2-3-5-14(13)21(15,18)19/h2-9H,10H2,1H3. The zero-order chi connectivity index (χ0) is 15.3. The van der Waals surface area contributed by atoms with Crippen LogP contribution in [0.4, 0.5) is 0 Å². The summed E-state index contributed by atoms with van der Waals surface area (Å²) in [5.74, 6) is 0. The van der Waals surface area contributed by atoms with Crippen molar-refractivity contribution in [2.75, 3.05) is 0 Å². The first-order valence-electron chi connectivity index (χ1n) is 6.26. The molecule has 0 unspecified atom stereocenters. The minimum absolute atomic E-state index is 0.155. The highest BCUT2D eigenvalue weighted by molar-refractivity contribution is 8.06. The smallest absolute Gasteiger partial charge is 0.206 e. The summed E-state index contributed by atoms with van der Waals surface area (Å²) >= 11 is 0. The van der Waals surface area contributed by atoms with E-state index in [1.54, 1.807) is 12.1 Å². The Bertz CT molecular complexity index is 847. The molecule has 0 bridgehead atoms. The summed E-state index contributed by atoms with van der Waals surface area (Å²) in [6.45, 7) is 1.71. The van der Waals surface area contributed by atoms with Gasteiger partial charge in [0, 0.05) is 0 Å². The van der Waals surface area contributed by atoms with Gasteiger partial charge in [0.25, 0.3) is 20.0 Å². The van der Waals surface area contributed by atoms with Crippen molar-refractivity contribution in [1.29, 1.82) is 0 Å². The molecule has 0 radical (unpaired) electrons. The number of fused-ring (bicyclic) bond motifs is 1. The molecule has 0 atom stereocenters. The van der Waals surface area contributed by atoms with Gasteiger partial charge in [0.15, 0.2) is 0 Å². The number of hydrogen-bond donors (Lipinski definition) is 0. The second kappa shape index (κ2) is 4.66. The molecule has 5 nitrogen and oxygen atoms in total. The Balaban J connectivity index is 2.10. The summed E-state index contributed by atoms with van der Waals surface area (Å²) in [6.07, 6.45) is 0. The molecule has 0 spiro atoms. The van der Waals surface area contributed by atoms with E-state index in [0.29, 0.717) is 9.27 Å². The van der Waals surface area contributed by atoms with Gasteiger partial charge in [-0.25, -0.2) is 16.8 Å². The van der Waals surface area contributed by atoms with Gasteiger partial charge in [-0.3, -0.25) is 0 Å². The van der Waals surface area contributed by atoms with Crippen molar-refractivity contribution < 1.29 is 16.8 Å². The molecule has 0 N–H and O–H groups in total. The van der Waals surface area contributed by atoms with Crippen LogP contribution in [0.2, 0.25) is 0 Å². The van der Waals surface area contributed by atoms with Crippen molar-refractivity contribution in [3.05, 3.63) is 59.7 Å². The van der Waals surface area contributed by atoms with Crippen LogP contribution in [0.3, 0.4) is 0 Å². The molecule has 1 aliphatic heterocycles. The van der Waals surface area contributed by atoms with Crippen molar-refractivity contribution in [2.45, 2.75) is 23.3 Å². The normalized spacial score (nSPS) is 19.3. The van der Waals surface area contributed by atoms with Gasteiger partial charge < -0.3 is 0 Å². The van der Waals surface area contributed by atoms with Gasteiger partial charge >= 0.3 is 0 Å². The van der Waals surface area contributed by atoms with E-state index in [9.17, 15) is 16.8 Å². The van der Waals surface area contributed by atoms with Gasteiger partial charge in [0.2, 0.25) is 0 Å². The summed E-state index contributed by atoms with van der Waals surface area (Å²) in [5, 5.41) is 0. The van der Waals surface area contributed by atoms with Crippen molar-refractivity contribution in [2.24, 2.45) is 0 Å². The van der Waals surface area contributed by atoms with Crippen molar-refractivity contribution >= 4 is 20.0 Å². The molecule has 0 fully saturated rings. The maximum atomic E-state index is 12.4. The minimum Gasteiger partial charge on any atom is -0.206 e. The molecular formula is C14H13NO4S2. The molecule has 2 aromatic carbocycles. The minimum atomic E-state index is -4.02. The van der Waals surface area contributed by atoms with Crippen LogP contribution in [0.1, 0.15) is 11.1 Å². The molecule has 0 saturated heterocycles. The summed E-state index contributed by atoms with van der Waals surface area (Å²) in [4.78, 5) is -0.311. The van der Waals surface area contributed by atoms with Crippen LogP contribution in [-0.4, -0.2) is 20.5 Å². The fourth-order valence-electron chi connectivity index (χ4n) is 2.24. The van der Waals surface area contributed by atoms with Gasteiger partial charge in [-0.2, -0.15) is 0 Å². The number of aryl methyl sites for hydroxylation is 1. The summed E-state index contributed by atoms with van der Waals surface area (Å²) in [7, 11) is -8.03. The van der Waals surface area contributed by atoms with Crippen molar-refractivity contribution in [3.63, 3.8) is 0 Å². The van der Waals surface area contributed by atoms with E-state index in [1.807, 2.05) is 19.1 Å². The number of hydrogen-bond acceptors (Lipinski definition) is 4. The van der Waals surface area contributed by atoms with Crippen LogP contribution < -0.4 is 0 Å². The van der Waals surface area contributed by atoms with Crippen LogP contribution in [-0.2, 0) is 26.6 Å². The van der Waals surface area contributed by atoms with Gasteiger partial charge in [0.05, 0.1) is 6.54 Å². The SMILES string of the molecule is Cc1ccc(CN2S(=O)(=O)c3ccccc3S2(=O)=O)cc1. The lowest BCUT2D eigenvalue weighted by Gasteiger charge is -2.13. The third kappa shape index (κ3) is 2.17. The van der Waals surface area contributed by atoms with Crippen LogP contribution in [0, 0.1) is 6.92 Å². The molecule has 1 heterocycles. The number of benzene rings is 2. The van der Waals surface area contributed by atoms with E-state index >= 15 is 0 Å². The monoisotopic (exact) mass is 323 g/mol. The van der Waals surface area contributed by atoms with E-state index < -0.39 is 20.0 Å². The Hall–Kier alpha value is -1.70. The van der Waals surface area contributed by atoms with E-state index in [2.05, 4.69) is 0 Å². The Labute approximate surface area is 123 Å². The highest BCUT2D eigenvalue weighted by atomic mass is 32.3. The molecule has 0 saturated carbocycles. The van der Waals surface area contributed by atoms with Crippen LogP contribution in [0.15, 0.2) is 58.3 Å². The second-order valence-corrected chi connectivity index (χ2v) is 8.77.